The third kappa shape index (κ3) is 2.84. The maximum absolute atomic E-state index is 5.96. The third-order valence-corrected chi connectivity index (χ3v) is 3.08. The zero-order valence-corrected chi connectivity index (χ0v) is 12.0. The molecule has 0 saturated carbocycles. The Morgan fingerprint density at radius 3 is 2.79 bits per heavy atom. The summed E-state index contributed by atoms with van der Waals surface area (Å²) in [7, 11) is 1.60. The Morgan fingerprint density at radius 1 is 1.42 bits per heavy atom. The second-order valence-corrected chi connectivity index (χ2v) is 5.25. The molecule has 0 aliphatic carbocycles. The predicted molar refractivity (Wildman–Crippen MR) is 76.5 cm³/mol. The molecule has 4 nitrogen and oxygen atoms in total. The first kappa shape index (κ1) is 13.7. The van der Waals surface area contributed by atoms with Crippen molar-refractivity contribution in [3.8, 4) is 17.0 Å². The number of anilines is 1. The zero-order chi connectivity index (χ0) is 14.0. The molecule has 0 unspecified atom stereocenters. The number of benzene rings is 1. The van der Waals surface area contributed by atoms with Gasteiger partial charge in [0.1, 0.15) is 11.4 Å². The fraction of sp³-hybridized carbons (Fsp3) is 0.357. The molecule has 2 aromatic rings. The van der Waals surface area contributed by atoms with Gasteiger partial charge in [0.25, 0.3) is 0 Å². The van der Waals surface area contributed by atoms with Gasteiger partial charge < -0.3 is 15.0 Å². The summed E-state index contributed by atoms with van der Waals surface area (Å²) in [5, 5.41) is 4.67. The average molecular weight is 281 g/mol. The quantitative estimate of drug-likeness (QED) is 0.926. The number of nitrogen functional groups attached to an aromatic ring is 1. The average Bonchev–Trinajstić information content (AvgIpc) is 2.70. The minimum atomic E-state index is 0.362. The number of ether oxygens (including phenoxy) is 1. The Morgan fingerprint density at radius 2 is 2.16 bits per heavy atom. The van der Waals surface area contributed by atoms with E-state index in [1.807, 2.05) is 6.07 Å². The van der Waals surface area contributed by atoms with Crippen molar-refractivity contribution < 1.29 is 9.26 Å². The van der Waals surface area contributed by atoms with Crippen LogP contribution in [0, 0.1) is 5.92 Å². The van der Waals surface area contributed by atoms with Crippen LogP contribution in [0.15, 0.2) is 22.7 Å². The second-order valence-electron chi connectivity index (χ2n) is 4.82. The molecule has 2 N–H and O–H groups in total. The molecular formula is C14H17ClN2O2. The van der Waals surface area contributed by atoms with E-state index in [9.17, 15) is 0 Å². The van der Waals surface area contributed by atoms with Crippen LogP contribution in [0.1, 0.15) is 19.4 Å². The van der Waals surface area contributed by atoms with E-state index < -0.39 is 0 Å². The summed E-state index contributed by atoms with van der Waals surface area (Å²) in [4.78, 5) is 0. The molecule has 0 atom stereocenters. The number of hydrogen-bond acceptors (Lipinski definition) is 4. The molecular weight excluding hydrogens is 264 g/mol. The lowest BCUT2D eigenvalue weighted by Gasteiger charge is -2.09. The third-order valence-electron chi connectivity index (χ3n) is 2.85. The first-order valence-electron chi connectivity index (χ1n) is 6.10. The van der Waals surface area contributed by atoms with Gasteiger partial charge in [0.05, 0.1) is 7.11 Å². The molecule has 0 aliphatic heterocycles. The number of methoxy groups -OCH3 is 1. The van der Waals surface area contributed by atoms with E-state index in [-0.39, 0.29) is 0 Å². The van der Waals surface area contributed by atoms with Crippen molar-refractivity contribution in [3.05, 3.63) is 28.8 Å². The lowest BCUT2D eigenvalue weighted by atomic mass is 9.99. The second kappa shape index (κ2) is 5.53. The van der Waals surface area contributed by atoms with Crippen molar-refractivity contribution in [1.29, 1.82) is 0 Å². The summed E-state index contributed by atoms with van der Waals surface area (Å²) in [6.07, 6.45) is 0.802. The zero-order valence-electron chi connectivity index (χ0n) is 11.2. The minimum absolute atomic E-state index is 0.362. The molecule has 0 aliphatic rings. The Bertz CT molecular complexity index is 579. The number of halogens is 1. The van der Waals surface area contributed by atoms with Gasteiger partial charge in [0.2, 0.25) is 5.88 Å². The van der Waals surface area contributed by atoms with E-state index in [1.165, 1.54) is 0 Å². The van der Waals surface area contributed by atoms with Crippen molar-refractivity contribution in [3.63, 3.8) is 0 Å². The molecule has 19 heavy (non-hydrogen) atoms. The van der Waals surface area contributed by atoms with Crippen molar-refractivity contribution in [2.45, 2.75) is 20.3 Å². The molecule has 1 aromatic carbocycles. The van der Waals surface area contributed by atoms with Crippen LogP contribution in [0.4, 0.5) is 5.88 Å². The maximum Gasteiger partial charge on any atom is 0.225 e. The van der Waals surface area contributed by atoms with E-state index in [0.717, 1.165) is 23.2 Å². The molecule has 0 amide bonds. The molecule has 0 radical (unpaired) electrons. The van der Waals surface area contributed by atoms with Crippen LogP contribution in [-0.4, -0.2) is 12.3 Å². The van der Waals surface area contributed by atoms with Crippen LogP contribution in [-0.2, 0) is 6.42 Å². The Balaban J connectivity index is 2.53. The first-order chi connectivity index (χ1) is 9.02. The molecule has 102 valence electrons. The number of hydrogen-bond donors (Lipinski definition) is 1. The van der Waals surface area contributed by atoms with Gasteiger partial charge in [-0.15, -0.1) is 0 Å². The SMILES string of the molecule is COc1cc(Cl)ccc1-c1noc(N)c1CC(C)C. The highest BCUT2D eigenvalue weighted by atomic mass is 35.5. The van der Waals surface area contributed by atoms with Crippen LogP contribution in [0.2, 0.25) is 5.02 Å². The van der Waals surface area contributed by atoms with Gasteiger partial charge in [0, 0.05) is 16.1 Å². The Labute approximate surface area is 117 Å². The maximum atomic E-state index is 5.96. The normalized spacial score (nSPS) is 11.0. The Kier molecular flexibility index (Phi) is 4.00. The molecule has 0 fully saturated rings. The fourth-order valence-corrected chi connectivity index (χ4v) is 2.16. The smallest absolute Gasteiger partial charge is 0.225 e. The molecule has 5 heteroatoms. The van der Waals surface area contributed by atoms with Crippen molar-refractivity contribution in [2.75, 3.05) is 12.8 Å². The summed E-state index contributed by atoms with van der Waals surface area (Å²) in [5.74, 6) is 1.48. The van der Waals surface area contributed by atoms with Gasteiger partial charge in [-0.05, 0) is 30.5 Å². The number of nitrogens with zero attached hydrogens (tertiary/aromatic N) is 1. The van der Waals surface area contributed by atoms with Gasteiger partial charge in [0.15, 0.2) is 0 Å². The van der Waals surface area contributed by atoms with Crippen molar-refractivity contribution in [1.82, 2.24) is 5.16 Å². The molecule has 1 heterocycles. The molecule has 2 rings (SSSR count). The largest absolute Gasteiger partial charge is 0.496 e. The molecule has 0 saturated heterocycles. The van der Waals surface area contributed by atoms with Crippen LogP contribution in [0.5, 0.6) is 5.75 Å². The summed E-state index contributed by atoms with van der Waals surface area (Å²) in [6, 6.07) is 5.41. The van der Waals surface area contributed by atoms with Gasteiger partial charge in [-0.25, -0.2) is 0 Å². The number of rotatable bonds is 4. The highest BCUT2D eigenvalue weighted by Crippen LogP contribution is 2.36. The fourth-order valence-electron chi connectivity index (χ4n) is 2.00. The van der Waals surface area contributed by atoms with E-state index in [4.69, 9.17) is 26.6 Å². The lowest BCUT2D eigenvalue weighted by Crippen LogP contribution is -1.99. The Hall–Kier alpha value is -1.68. The van der Waals surface area contributed by atoms with E-state index >= 15 is 0 Å². The van der Waals surface area contributed by atoms with Crippen molar-refractivity contribution in [2.24, 2.45) is 5.92 Å². The minimum Gasteiger partial charge on any atom is -0.496 e. The van der Waals surface area contributed by atoms with Gasteiger partial charge >= 0.3 is 0 Å². The standard InChI is InChI=1S/C14H17ClN2O2/c1-8(2)6-11-13(17-19-14(11)16)10-5-4-9(15)7-12(10)18-3/h4-5,7-8H,6,16H2,1-3H3. The summed E-state index contributed by atoms with van der Waals surface area (Å²) in [6.45, 7) is 4.24. The van der Waals surface area contributed by atoms with Gasteiger partial charge in [-0.1, -0.05) is 30.6 Å². The van der Waals surface area contributed by atoms with Crippen LogP contribution >= 0.6 is 11.6 Å². The number of aromatic nitrogens is 1. The van der Waals surface area contributed by atoms with E-state index in [0.29, 0.717) is 22.6 Å². The topological polar surface area (TPSA) is 61.3 Å². The summed E-state index contributed by atoms with van der Waals surface area (Å²) >= 11 is 5.96. The van der Waals surface area contributed by atoms with E-state index in [1.54, 1.807) is 19.2 Å². The summed E-state index contributed by atoms with van der Waals surface area (Å²) < 4.78 is 10.5. The lowest BCUT2D eigenvalue weighted by molar-refractivity contribution is 0.414. The predicted octanol–water partition coefficient (Wildman–Crippen LogP) is 3.78. The van der Waals surface area contributed by atoms with Crippen LogP contribution < -0.4 is 10.5 Å². The highest BCUT2D eigenvalue weighted by molar-refractivity contribution is 6.30. The summed E-state index contributed by atoms with van der Waals surface area (Å²) in [5.41, 5.74) is 8.32. The molecule has 0 bridgehead atoms. The van der Waals surface area contributed by atoms with Crippen LogP contribution in [0.25, 0.3) is 11.3 Å². The number of nitrogens with two attached hydrogens (primary N) is 1. The van der Waals surface area contributed by atoms with Gasteiger partial charge in [-0.2, -0.15) is 0 Å². The highest BCUT2D eigenvalue weighted by Gasteiger charge is 2.19. The first-order valence-corrected chi connectivity index (χ1v) is 6.48. The van der Waals surface area contributed by atoms with Gasteiger partial charge in [-0.3, -0.25) is 0 Å². The van der Waals surface area contributed by atoms with Crippen molar-refractivity contribution >= 4 is 17.5 Å². The van der Waals surface area contributed by atoms with E-state index in [2.05, 4.69) is 19.0 Å². The molecule has 1 aromatic heterocycles. The monoisotopic (exact) mass is 280 g/mol. The van der Waals surface area contributed by atoms with Crippen LogP contribution in [0.3, 0.4) is 0 Å². The molecule has 0 spiro atoms.